The van der Waals surface area contributed by atoms with Gasteiger partial charge in [-0.1, -0.05) is 0 Å². The Balaban J connectivity index is 1.99. The zero-order valence-electron chi connectivity index (χ0n) is 9.74. The van der Waals surface area contributed by atoms with Crippen molar-refractivity contribution < 1.29 is 9.59 Å². The van der Waals surface area contributed by atoms with Crippen molar-refractivity contribution in [3.8, 4) is 0 Å². The first-order chi connectivity index (χ1) is 7.70. The van der Waals surface area contributed by atoms with Crippen LogP contribution in [0.4, 0.5) is 0 Å². The van der Waals surface area contributed by atoms with Crippen LogP contribution in [0.15, 0.2) is 0 Å². The zero-order chi connectivity index (χ0) is 11.5. The normalized spacial score (nSPS) is 25.9. The second-order valence-corrected chi connectivity index (χ2v) is 4.45. The van der Waals surface area contributed by atoms with Crippen LogP contribution < -0.4 is 5.32 Å². The number of rotatable bonds is 1. The first-order valence-corrected chi connectivity index (χ1v) is 5.97. The number of hydrogen-bond acceptors (Lipinski definition) is 3. The maximum atomic E-state index is 12.2. The van der Waals surface area contributed by atoms with Gasteiger partial charge in [0.15, 0.2) is 0 Å². The summed E-state index contributed by atoms with van der Waals surface area (Å²) in [6.07, 6.45) is 1.77. The minimum absolute atomic E-state index is 0.0194. The number of carbonyl (C=O) groups excluding carboxylic acids is 2. The third-order valence-electron chi connectivity index (χ3n) is 3.37. The van der Waals surface area contributed by atoms with Crippen LogP contribution in [-0.2, 0) is 9.59 Å². The number of amides is 2. The predicted molar refractivity (Wildman–Crippen MR) is 59.9 cm³/mol. The van der Waals surface area contributed by atoms with Gasteiger partial charge in [-0.15, -0.1) is 0 Å². The molecule has 16 heavy (non-hydrogen) atoms. The SMILES string of the molecule is CC(=O)N1CCCC1C(=O)N1CCNCC1. The predicted octanol–water partition coefficient (Wildman–Crippen LogP) is -0.571. The fourth-order valence-corrected chi connectivity index (χ4v) is 2.50. The van der Waals surface area contributed by atoms with E-state index in [4.69, 9.17) is 0 Å². The number of nitrogens with zero attached hydrogens (tertiary/aromatic N) is 2. The van der Waals surface area contributed by atoms with Crippen molar-refractivity contribution in [3.05, 3.63) is 0 Å². The summed E-state index contributed by atoms with van der Waals surface area (Å²) < 4.78 is 0. The number of carbonyl (C=O) groups is 2. The lowest BCUT2D eigenvalue weighted by Gasteiger charge is -2.32. The first kappa shape index (κ1) is 11.4. The summed E-state index contributed by atoms with van der Waals surface area (Å²) in [5, 5.41) is 3.22. The molecular weight excluding hydrogens is 206 g/mol. The Morgan fingerprint density at radius 2 is 1.88 bits per heavy atom. The molecule has 2 amide bonds. The summed E-state index contributed by atoms with van der Waals surface area (Å²) in [6.45, 7) is 5.53. The van der Waals surface area contributed by atoms with Crippen molar-refractivity contribution >= 4 is 11.8 Å². The van der Waals surface area contributed by atoms with Crippen LogP contribution in [-0.4, -0.2) is 60.4 Å². The van der Waals surface area contributed by atoms with Crippen molar-refractivity contribution in [2.24, 2.45) is 0 Å². The molecular formula is C11H19N3O2. The third kappa shape index (κ3) is 2.19. The molecule has 2 rings (SSSR count). The molecule has 2 fully saturated rings. The highest BCUT2D eigenvalue weighted by Crippen LogP contribution is 2.19. The minimum Gasteiger partial charge on any atom is -0.338 e. The van der Waals surface area contributed by atoms with Gasteiger partial charge in [-0.25, -0.2) is 0 Å². The van der Waals surface area contributed by atoms with Gasteiger partial charge in [-0.2, -0.15) is 0 Å². The number of nitrogens with one attached hydrogen (secondary N) is 1. The summed E-state index contributed by atoms with van der Waals surface area (Å²) in [4.78, 5) is 27.2. The van der Waals surface area contributed by atoms with E-state index in [1.54, 1.807) is 11.8 Å². The van der Waals surface area contributed by atoms with Crippen LogP contribution in [0.5, 0.6) is 0 Å². The lowest BCUT2D eigenvalue weighted by molar-refractivity contribution is -0.143. The van der Waals surface area contributed by atoms with Crippen molar-refractivity contribution in [1.82, 2.24) is 15.1 Å². The lowest BCUT2D eigenvalue weighted by atomic mass is 10.1. The number of hydrogen-bond donors (Lipinski definition) is 1. The summed E-state index contributed by atoms with van der Waals surface area (Å²) in [5.41, 5.74) is 0. The van der Waals surface area contributed by atoms with Gasteiger partial charge >= 0.3 is 0 Å². The molecule has 5 heteroatoms. The highest BCUT2D eigenvalue weighted by Gasteiger charge is 2.35. The largest absolute Gasteiger partial charge is 0.338 e. The van der Waals surface area contributed by atoms with Crippen molar-refractivity contribution in [3.63, 3.8) is 0 Å². The van der Waals surface area contributed by atoms with Crippen LogP contribution in [0.3, 0.4) is 0 Å². The molecule has 0 bridgehead atoms. The van der Waals surface area contributed by atoms with Gasteiger partial charge in [0.1, 0.15) is 6.04 Å². The Kier molecular flexibility index (Phi) is 3.43. The molecule has 0 aromatic carbocycles. The summed E-state index contributed by atoms with van der Waals surface area (Å²) in [5.74, 6) is 0.153. The monoisotopic (exact) mass is 225 g/mol. The first-order valence-electron chi connectivity index (χ1n) is 5.97. The van der Waals surface area contributed by atoms with Crippen LogP contribution in [0, 0.1) is 0 Å². The van der Waals surface area contributed by atoms with E-state index in [0.717, 1.165) is 45.6 Å². The Labute approximate surface area is 95.8 Å². The molecule has 2 heterocycles. The standard InChI is InChI=1S/C11H19N3O2/c1-9(15)14-6-2-3-10(14)11(16)13-7-4-12-5-8-13/h10,12H,2-8H2,1H3. The Morgan fingerprint density at radius 1 is 1.19 bits per heavy atom. The molecule has 0 aromatic rings. The van der Waals surface area contributed by atoms with Gasteiger partial charge in [0.05, 0.1) is 0 Å². The van der Waals surface area contributed by atoms with Crippen LogP contribution in [0.2, 0.25) is 0 Å². The van der Waals surface area contributed by atoms with Gasteiger partial charge in [0.2, 0.25) is 11.8 Å². The van der Waals surface area contributed by atoms with Crippen molar-refractivity contribution in [2.75, 3.05) is 32.7 Å². The smallest absolute Gasteiger partial charge is 0.245 e. The Hall–Kier alpha value is -1.10. The molecule has 0 aromatic heterocycles. The molecule has 1 N–H and O–H groups in total. The van der Waals surface area contributed by atoms with E-state index in [0.29, 0.717) is 0 Å². The molecule has 2 saturated heterocycles. The zero-order valence-corrected chi connectivity index (χ0v) is 9.74. The maximum absolute atomic E-state index is 12.2. The minimum atomic E-state index is -0.199. The second kappa shape index (κ2) is 4.82. The highest BCUT2D eigenvalue weighted by atomic mass is 16.2. The molecule has 2 aliphatic rings. The highest BCUT2D eigenvalue weighted by molar-refractivity contribution is 5.87. The fourth-order valence-electron chi connectivity index (χ4n) is 2.50. The van der Waals surface area contributed by atoms with Gasteiger partial charge < -0.3 is 15.1 Å². The van der Waals surface area contributed by atoms with E-state index in [1.165, 1.54) is 0 Å². The van der Waals surface area contributed by atoms with E-state index in [1.807, 2.05) is 4.90 Å². The molecule has 1 atom stereocenters. The van der Waals surface area contributed by atoms with Crippen molar-refractivity contribution in [2.45, 2.75) is 25.8 Å². The molecule has 0 aliphatic carbocycles. The maximum Gasteiger partial charge on any atom is 0.245 e. The van der Waals surface area contributed by atoms with E-state index < -0.39 is 0 Å². The molecule has 0 radical (unpaired) electrons. The third-order valence-corrected chi connectivity index (χ3v) is 3.37. The Morgan fingerprint density at radius 3 is 2.50 bits per heavy atom. The van der Waals surface area contributed by atoms with E-state index in [2.05, 4.69) is 5.32 Å². The van der Waals surface area contributed by atoms with Crippen LogP contribution in [0.25, 0.3) is 0 Å². The number of piperazine rings is 1. The molecule has 5 nitrogen and oxygen atoms in total. The Bertz CT molecular complexity index is 287. The molecule has 2 aliphatic heterocycles. The van der Waals surface area contributed by atoms with Gasteiger partial charge in [0.25, 0.3) is 0 Å². The van der Waals surface area contributed by atoms with Crippen molar-refractivity contribution in [1.29, 1.82) is 0 Å². The van der Waals surface area contributed by atoms with Gasteiger partial charge in [-0.05, 0) is 12.8 Å². The fraction of sp³-hybridized carbons (Fsp3) is 0.818. The molecule has 0 spiro atoms. The van der Waals surface area contributed by atoms with Gasteiger partial charge in [0, 0.05) is 39.6 Å². The quantitative estimate of drug-likeness (QED) is 0.650. The molecule has 90 valence electrons. The molecule has 0 saturated carbocycles. The summed E-state index contributed by atoms with van der Waals surface area (Å²) in [7, 11) is 0. The van der Waals surface area contributed by atoms with E-state index >= 15 is 0 Å². The summed E-state index contributed by atoms with van der Waals surface area (Å²) >= 11 is 0. The van der Waals surface area contributed by atoms with Gasteiger partial charge in [-0.3, -0.25) is 9.59 Å². The van der Waals surface area contributed by atoms with E-state index in [-0.39, 0.29) is 17.9 Å². The average Bonchev–Trinajstić information content (AvgIpc) is 2.78. The lowest BCUT2D eigenvalue weighted by Crippen LogP contribution is -2.53. The average molecular weight is 225 g/mol. The summed E-state index contributed by atoms with van der Waals surface area (Å²) in [6, 6.07) is -0.199. The van der Waals surface area contributed by atoms with Crippen LogP contribution in [0.1, 0.15) is 19.8 Å². The topological polar surface area (TPSA) is 52.7 Å². The number of likely N-dealkylation sites (tertiary alicyclic amines) is 1. The second-order valence-electron chi connectivity index (χ2n) is 4.45. The van der Waals surface area contributed by atoms with Crippen LogP contribution >= 0.6 is 0 Å². The van der Waals surface area contributed by atoms with E-state index in [9.17, 15) is 9.59 Å². The molecule has 1 unspecified atom stereocenters.